The van der Waals surface area contributed by atoms with Gasteiger partial charge in [-0.15, -0.1) is 0 Å². The first kappa shape index (κ1) is 12.0. The first-order chi connectivity index (χ1) is 8.27. The lowest BCUT2D eigenvalue weighted by Crippen LogP contribution is -2.45. The van der Waals surface area contributed by atoms with Crippen molar-refractivity contribution in [2.75, 3.05) is 18.6 Å². The average Bonchev–Trinajstić information content (AvgIpc) is 2.38. The van der Waals surface area contributed by atoms with E-state index in [-0.39, 0.29) is 12.0 Å². The molecule has 1 atom stereocenters. The first-order valence-corrected chi connectivity index (χ1v) is 6.20. The smallest absolute Gasteiger partial charge is 0.328 e. The third-order valence-electron chi connectivity index (χ3n) is 3.30. The van der Waals surface area contributed by atoms with Gasteiger partial charge in [-0.1, -0.05) is 25.1 Å². The zero-order valence-electron chi connectivity index (χ0n) is 10.5. The molecule has 1 unspecified atom stereocenters. The highest BCUT2D eigenvalue weighted by molar-refractivity contribution is 5.81. The van der Waals surface area contributed by atoms with E-state index in [0.717, 1.165) is 25.8 Å². The SMILES string of the molecule is CCCN1c2ccccc2CCC1C(=O)OC. The number of benzene rings is 1. The molecule has 0 spiro atoms. The Labute approximate surface area is 102 Å². The van der Waals surface area contributed by atoms with Gasteiger partial charge in [0, 0.05) is 12.2 Å². The highest BCUT2D eigenvalue weighted by Crippen LogP contribution is 2.31. The van der Waals surface area contributed by atoms with Gasteiger partial charge in [0.15, 0.2) is 0 Å². The standard InChI is InChI=1S/C14H19NO2/c1-3-10-15-12-7-5-4-6-11(12)8-9-13(15)14(16)17-2/h4-7,13H,3,8-10H2,1-2H3. The van der Waals surface area contributed by atoms with Gasteiger partial charge in [0.25, 0.3) is 0 Å². The lowest BCUT2D eigenvalue weighted by Gasteiger charge is -2.37. The molecule has 1 aliphatic heterocycles. The summed E-state index contributed by atoms with van der Waals surface area (Å²) in [6.45, 7) is 3.03. The molecule has 1 aromatic carbocycles. The molecule has 3 nitrogen and oxygen atoms in total. The lowest BCUT2D eigenvalue weighted by atomic mass is 9.95. The normalized spacial score (nSPS) is 18.7. The quantitative estimate of drug-likeness (QED) is 0.751. The Hall–Kier alpha value is -1.51. The molecule has 17 heavy (non-hydrogen) atoms. The summed E-state index contributed by atoms with van der Waals surface area (Å²) in [4.78, 5) is 14.0. The minimum atomic E-state index is -0.118. The summed E-state index contributed by atoms with van der Waals surface area (Å²) in [5.74, 6) is -0.118. The number of fused-ring (bicyclic) bond motifs is 1. The molecule has 1 heterocycles. The first-order valence-electron chi connectivity index (χ1n) is 6.20. The van der Waals surface area contributed by atoms with E-state index in [1.807, 2.05) is 6.07 Å². The molecule has 0 bridgehead atoms. The van der Waals surface area contributed by atoms with Crippen molar-refractivity contribution in [3.63, 3.8) is 0 Å². The number of esters is 1. The fourth-order valence-corrected chi connectivity index (χ4v) is 2.52. The Morgan fingerprint density at radius 3 is 2.94 bits per heavy atom. The minimum absolute atomic E-state index is 0.116. The van der Waals surface area contributed by atoms with E-state index >= 15 is 0 Å². The summed E-state index contributed by atoms with van der Waals surface area (Å²) in [5, 5.41) is 0. The van der Waals surface area contributed by atoms with Gasteiger partial charge in [0.1, 0.15) is 6.04 Å². The number of hydrogen-bond acceptors (Lipinski definition) is 3. The minimum Gasteiger partial charge on any atom is -0.467 e. The van der Waals surface area contributed by atoms with Crippen molar-refractivity contribution in [2.24, 2.45) is 0 Å². The summed E-state index contributed by atoms with van der Waals surface area (Å²) in [5.41, 5.74) is 2.53. The van der Waals surface area contributed by atoms with Crippen LogP contribution in [0, 0.1) is 0 Å². The van der Waals surface area contributed by atoms with Crippen LogP contribution in [0.15, 0.2) is 24.3 Å². The van der Waals surface area contributed by atoms with Crippen LogP contribution >= 0.6 is 0 Å². The van der Waals surface area contributed by atoms with Crippen LogP contribution in [-0.2, 0) is 16.0 Å². The predicted molar refractivity (Wildman–Crippen MR) is 68.2 cm³/mol. The van der Waals surface area contributed by atoms with Gasteiger partial charge in [-0.05, 0) is 30.9 Å². The Morgan fingerprint density at radius 1 is 1.47 bits per heavy atom. The van der Waals surface area contributed by atoms with Crippen molar-refractivity contribution < 1.29 is 9.53 Å². The second-order valence-electron chi connectivity index (χ2n) is 4.40. The predicted octanol–water partition coefficient (Wildman–Crippen LogP) is 2.39. The van der Waals surface area contributed by atoms with E-state index in [4.69, 9.17) is 4.74 Å². The molecular formula is C14H19NO2. The third kappa shape index (κ3) is 2.28. The van der Waals surface area contributed by atoms with Crippen molar-refractivity contribution in [3.05, 3.63) is 29.8 Å². The molecule has 3 heteroatoms. The van der Waals surface area contributed by atoms with Crippen molar-refractivity contribution in [1.82, 2.24) is 0 Å². The van der Waals surface area contributed by atoms with Crippen molar-refractivity contribution in [3.8, 4) is 0 Å². The fourth-order valence-electron chi connectivity index (χ4n) is 2.52. The van der Waals surface area contributed by atoms with Gasteiger partial charge >= 0.3 is 5.97 Å². The van der Waals surface area contributed by atoms with Crippen LogP contribution in [0.4, 0.5) is 5.69 Å². The highest BCUT2D eigenvalue weighted by Gasteiger charge is 2.31. The Kier molecular flexibility index (Phi) is 3.67. The molecule has 0 fully saturated rings. The van der Waals surface area contributed by atoms with Gasteiger partial charge < -0.3 is 9.64 Å². The molecule has 1 aliphatic rings. The Bertz CT molecular complexity index is 403. The van der Waals surface area contributed by atoms with Gasteiger partial charge in [0.2, 0.25) is 0 Å². The number of anilines is 1. The highest BCUT2D eigenvalue weighted by atomic mass is 16.5. The van der Waals surface area contributed by atoms with Gasteiger partial charge in [-0.3, -0.25) is 0 Å². The van der Waals surface area contributed by atoms with E-state index in [1.54, 1.807) is 0 Å². The maximum Gasteiger partial charge on any atom is 0.328 e. The monoisotopic (exact) mass is 233 g/mol. The largest absolute Gasteiger partial charge is 0.467 e. The van der Waals surface area contributed by atoms with E-state index < -0.39 is 0 Å². The van der Waals surface area contributed by atoms with Crippen molar-refractivity contribution in [1.29, 1.82) is 0 Å². The molecular weight excluding hydrogens is 214 g/mol. The zero-order chi connectivity index (χ0) is 12.3. The van der Waals surface area contributed by atoms with Crippen LogP contribution in [0.25, 0.3) is 0 Å². The molecule has 0 radical (unpaired) electrons. The summed E-state index contributed by atoms with van der Waals surface area (Å²) in [6, 6.07) is 8.21. The Morgan fingerprint density at radius 2 is 2.24 bits per heavy atom. The summed E-state index contributed by atoms with van der Waals surface area (Å²) in [7, 11) is 1.47. The molecule has 1 aromatic rings. The molecule has 0 amide bonds. The van der Waals surface area contributed by atoms with Crippen LogP contribution < -0.4 is 4.90 Å². The number of hydrogen-bond donors (Lipinski definition) is 0. The van der Waals surface area contributed by atoms with E-state index in [9.17, 15) is 4.79 Å². The van der Waals surface area contributed by atoms with Gasteiger partial charge in [0.05, 0.1) is 7.11 Å². The number of nitrogens with zero attached hydrogens (tertiary/aromatic N) is 1. The number of para-hydroxylation sites is 1. The lowest BCUT2D eigenvalue weighted by molar-refractivity contribution is -0.142. The van der Waals surface area contributed by atoms with Crippen molar-refractivity contribution >= 4 is 11.7 Å². The summed E-state index contributed by atoms with van der Waals surface area (Å²) < 4.78 is 4.90. The van der Waals surface area contributed by atoms with Gasteiger partial charge in [-0.25, -0.2) is 4.79 Å². The number of ether oxygens (including phenoxy) is 1. The van der Waals surface area contributed by atoms with Gasteiger partial charge in [-0.2, -0.15) is 0 Å². The van der Waals surface area contributed by atoms with Crippen LogP contribution in [0.3, 0.4) is 0 Å². The third-order valence-corrected chi connectivity index (χ3v) is 3.30. The summed E-state index contributed by atoms with van der Waals surface area (Å²) in [6.07, 6.45) is 2.83. The number of rotatable bonds is 3. The maximum absolute atomic E-state index is 11.8. The van der Waals surface area contributed by atoms with E-state index in [0.29, 0.717) is 0 Å². The zero-order valence-corrected chi connectivity index (χ0v) is 10.5. The second-order valence-corrected chi connectivity index (χ2v) is 4.40. The topological polar surface area (TPSA) is 29.5 Å². The van der Waals surface area contributed by atoms with E-state index in [2.05, 4.69) is 30.0 Å². The van der Waals surface area contributed by atoms with Crippen LogP contribution in [0.5, 0.6) is 0 Å². The number of carbonyl (C=O) groups excluding carboxylic acids is 1. The molecule has 2 rings (SSSR count). The van der Waals surface area contributed by atoms with Crippen molar-refractivity contribution in [2.45, 2.75) is 32.2 Å². The second kappa shape index (κ2) is 5.21. The molecule has 0 N–H and O–H groups in total. The number of aryl methyl sites for hydroxylation is 1. The Balaban J connectivity index is 2.32. The molecule has 0 saturated heterocycles. The number of carbonyl (C=O) groups is 1. The maximum atomic E-state index is 11.8. The fraction of sp³-hybridized carbons (Fsp3) is 0.500. The molecule has 92 valence electrons. The summed E-state index contributed by atoms with van der Waals surface area (Å²) >= 11 is 0. The van der Waals surface area contributed by atoms with Crippen LogP contribution in [-0.4, -0.2) is 25.7 Å². The molecule has 0 aliphatic carbocycles. The molecule has 0 saturated carbocycles. The average molecular weight is 233 g/mol. The number of methoxy groups -OCH3 is 1. The molecule has 0 aromatic heterocycles. The van der Waals surface area contributed by atoms with Crippen LogP contribution in [0.2, 0.25) is 0 Å². The van der Waals surface area contributed by atoms with E-state index in [1.165, 1.54) is 18.4 Å². The van der Waals surface area contributed by atoms with Crippen LogP contribution in [0.1, 0.15) is 25.3 Å².